The van der Waals surface area contributed by atoms with Gasteiger partial charge in [0.2, 0.25) is 5.89 Å². The molecule has 1 N–H and O–H groups in total. The number of carbonyl (C=O) groups is 1. The first-order chi connectivity index (χ1) is 11.4. The summed E-state index contributed by atoms with van der Waals surface area (Å²) in [5.74, 6) is 0.442. The van der Waals surface area contributed by atoms with Gasteiger partial charge in [0.15, 0.2) is 5.58 Å². The van der Waals surface area contributed by atoms with Gasteiger partial charge in [-0.3, -0.25) is 4.79 Å². The third-order valence-electron chi connectivity index (χ3n) is 3.66. The molecule has 0 radical (unpaired) electrons. The van der Waals surface area contributed by atoms with Gasteiger partial charge in [0.05, 0.1) is 11.3 Å². The molecule has 6 nitrogen and oxygen atoms in total. The van der Waals surface area contributed by atoms with Crippen LogP contribution in [-0.4, -0.2) is 20.9 Å². The van der Waals surface area contributed by atoms with Gasteiger partial charge in [0.1, 0.15) is 11.8 Å². The fourth-order valence-electron chi connectivity index (χ4n) is 2.35. The van der Waals surface area contributed by atoms with Crippen LogP contribution in [0, 0.1) is 0 Å². The number of nitrogens with zero attached hydrogens (tertiary/aromatic N) is 3. The Morgan fingerprint density at radius 1 is 1.29 bits per heavy atom. The first-order valence-corrected chi connectivity index (χ1v) is 7.90. The molecule has 2 aromatic heterocycles. The van der Waals surface area contributed by atoms with Crippen LogP contribution in [0.2, 0.25) is 0 Å². The number of oxazole rings is 1. The van der Waals surface area contributed by atoms with Crippen LogP contribution in [0.3, 0.4) is 0 Å². The maximum Gasteiger partial charge on any atom is 0.259 e. The molecule has 0 bridgehead atoms. The standard InChI is InChI=1S/C18H20N4O2/c1-5-13-12(9-19-10-20-13)16(23)21-11-6-7-15-14(8-11)22-17(24-15)18(2,3)4/h6-10H,5H2,1-4H3,(H,21,23). The number of nitrogens with one attached hydrogen (secondary N) is 1. The number of amides is 1. The second-order valence-electron chi connectivity index (χ2n) is 6.64. The Bertz CT molecular complexity index is 893. The third kappa shape index (κ3) is 3.13. The van der Waals surface area contributed by atoms with Crippen molar-refractivity contribution < 1.29 is 9.21 Å². The molecule has 0 saturated heterocycles. The summed E-state index contributed by atoms with van der Waals surface area (Å²) < 4.78 is 5.77. The highest BCUT2D eigenvalue weighted by atomic mass is 16.3. The second kappa shape index (κ2) is 6.03. The number of rotatable bonds is 3. The highest BCUT2D eigenvalue weighted by Crippen LogP contribution is 2.27. The first-order valence-electron chi connectivity index (χ1n) is 7.90. The molecule has 1 amide bonds. The van der Waals surface area contributed by atoms with E-state index in [9.17, 15) is 4.79 Å². The Kier molecular flexibility index (Phi) is 4.05. The lowest BCUT2D eigenvalue weighted by atomic mass is 9.97. The van der Waals surface area contributed by atoms with E-state index in [0.29, 0.717) is 29.1 Å². The van der Waals surface area contributed by atoms with E-state index in [2.05, 4.69) is 20.3 Å². The summed E-state index contributed by atoms with van der Waals surface area (Å²) in [5, 5.41) is 2.87. The largest absolute Gasteiger partial charge is 0.440 e. The van der Waals surface area contributed by atoms with Crippen LogP contribution in [-0.2, 0) is 11.8 Å². The molecule has 24 heavy (non-hydrogen) atoms. The van der Waals surface area contributed by atoms with Crippen molar-refractivity contribution >= 4 is 22.7 Å². The van der Waals surface area contributed by atoms with Gasteiger partial charge in [-0.2, -0.15) is 0 Å². The van der Waals surface area contributed by atoms with Crippen molar-refractivity contribution in [3.8, 4) is 0 Å². The maximum absolute atomic E-state index is 12.5. The second-order valence-corrected chi connectivity index (χ2v) is 6.64. The predicted octanol–water partition coefficient (Wildman–Crippen LogP) is 3.73. The zero-order chi connectivity index (χ0) is 17.3. The molecular formula is C18H20N4O2. The van der Waals surface area contributed by atoms with E-state index in [-0.39, 0.29) is 11.3 Å². The van der Waals surface area contributed by atoms with Crippen LogP contribution in [0.1, 0.15) is 49.6 Å². The molecule has 0 atom stereocenters. The van der Waals surface area contributed by atoms with Gasteiger partial charge in [-0.05, 0) is 24.6 Å². The number of aryl methyl sites for hydroxylation is 1. The summed E-state index contributed by atoms with van der Waals surface area (Å²) in [4.78, 5) is 25.1. The molecule has 0 saturated carbocycles. The van der Waals surface area contributed by atoms with E-state index in [1.165, 1.54) is 12.5 Å². The molecule has 0 unspecified atom stereocenters. The van der Waals surface area contributed by atoms with Crippen LogP contribution in [0.5, 0.6) is 0 Å². The Morgan fingerprint density at radius 3 is 2.79 bits per heavy atom. The molecule has 2 heterocycles. The highest BCUT2D eigenvalue weighted by Gasteiger charge is 2.21. The van der Waals surface area contributed by atoms with Crippen molar-refractivity contribution in [2.24, 2.45) is 0 Å². The topological polar surface area (TPSA) is 80.9 Å². The van der Waals surface area contributed by atoms with E-state index < -0.39 is 0 Å². The van der Waals surface area contributed by atoms with E-state index in [1.54, 1.807) is 12.1 Å². The Labute approximate surface area is 140 Å². The van der Waals surface area contributed by atoms with Gasteiger partial charge < -0.3 is 9.73 Å². The predicted molar refractivity (Wildman–Crippen MR) is 92.1 cm³/mol. The summed E-state index contributed by atoms with van der Waals surface area (Å²) in [6.07, 6.45) is 3.65. The van der Waals surface area contributed by atoms with Crippen molar-refractivity contribution in [3.05, 3.63) is 47.9 Å². The van der Waals surface area contributed by atoms with E-state index in [1.807, 2.05) is 33.8 Å². The zero-order valence-electron chi connectivity index (χ0n) is 14.3. The fraction of sp³-hybridized carbons (Fsp3) is 0.333. The Balaban J connectivity index is 1.89. The third-order valence-corrected chi connectivity index (χ3v) is 3.66. The minimum atomic E-state index is -0.230. The lowest BCUT2D eigenvalue weighted by molar-refractivity contribution is 0.102. The number of hydrogen-bond donors (Lipinski definition) is 1. The minimum Gasteiger partial charge on any atom is -0.440 e. The molecule has 0 aliphatic heterocycles. The fourth-order valence-corrected chi connectivity index (χ4v) is 2.35. The van der Waals surface area contributed by atoms with Crippen LogP contribution in [0.15, 0.2) is 35.1 Å². The lowest BCUT2D eigenvalue weighted by Crippen LogP contribution is -2.15. The molecule has 3 rings (SSSR count). The molecule has 1 aromatic carbocycles. The van der Waals surface area contributed by atoms with Gasteiger partial charge in [-0.15, -0.1) is 0 Å². The van der Waals surface area contributed by atoms with Crippen LogP contribution in [0.25, 0.3) is 11.1 Å². The number of carbonyl (C=O) groups excluding carboxylic acids is 1. The molecule has 0 spiro atoms. The molecule has 0 fully saturated rings. The monoisotopic (exact) mass is 324 g/mol. The summed E-state index contributed by atoms with van der Waals surface area (Å²) in [6.45, 7) is 8.08. The van der Waals surface area contributed by atoms with Crippen LogP contribution >= 0.6 is 0 Å². The summed E-state index contributed by atoms with van der Waals surface area (Å²) in [5.41, 5.74) is 3.12. The van der Waals surface area contributed by atoms with E-state index in [0.717, 1.165) is 11.2 Å². The number of fused-ring (bicyclic) bond motifs is 1. The maximum atomic E-state index is 12.5. The summed E-state index contributed by atoms with van der Waals surface area (Å²) in [7, 11) is 0. The van der Waals surface area contributed by atoms with Crippen molar-refractivity contribution in [1.82, 2.24) is 15.0 Å². The smallest absolute Gasteiger partial charge is 0.259 e. The zero-order valence-corrected chi connectivity index (χ0v) is 14.3. The lowest BCUT2D eigenvalue weighted by Gasteiger charge is -2.11. The molecule has 0 aliphatic rings. The average Bonchev–Trinajstić information content (AvgIpc) is 2.98. The molecular weight excluding hydrogens is 304 g/mol. The van der Waals surface area contributed by atoms with Crippen molar-refractivity contribution in [2.45, 2.75) is 39.5 Å². The van der Waals surface area contributed by atoms with Gasteiger partial charge in [0, 0.05) is 17.3 Å². The van der Waals surface area contributed by atoms with Crippen LogP contribution in [0.4, 0.5) is 5.69 Å². The number of anilines is 1. The Morgan fingerprint density at radius 2 is 2.08 bits per heavy atom. The highest BCUT2D eigenvalue weighted by molar-refractivity contribution is 6.05. The molecule has 0 aliphatic carbocycles. The van der Waals surface area contributed by atoms with Gasteiger partial charge in [-0.25, -0.2) is 15.0 Å². The van der Waals surface area contributed by atoms with Crippen molar-refractivity contribution in [2.75, 3.05) is 5.32 Å². The minimum absolute atomic E-state index is 0.167. The SMILES string of the molecule is CCc1ncncc1C(=O)Nc1ccc2oc(C(C)(C)C)nc2c1. The number of aromatic nitrogens is 3. The summed E-state index contributed by atoms with van der Waals surface area (Å²) in [6, 6.07) is 5.42. The molecule has 124 valence electrons. The van der Waals surface area contributed by atoms with Gasteiger partial charge >= 0.3 is 0 Å². The van der Waals surface area contributed by atoms with Gasteiger partial charge in [0.25, 0.3) is 5.91 Å². The number of benzene rings is 1. The quantitative estimate of drug-likeness (QED) is 0.794. The van der Waals surface area contributed by atoms with E-state index in [4.69, 9.17) is 4.42 Å². The van der Waals surface area contributed by atoms with Crippen molar-refractivity contribution in [1.29, 1.82) is 0 Å². The summed E-state index contributed by atoms with van der Waals surface area (Å²) >= 11 is 0. The van der Waals surface area contributed by atoms with Gasteiger partial charge in [-0.1, -0.05) is 27.7 Å². The normalized spacial score (nSPS) is 11.7. The van der Waals surface area contributed by atoms with Crippen LogP contribution < -0.4 is 5.32 Å². The average molecular weight is 324 g/mol. The van der Waals surface area contributed by atoms with Crippen molar-refractivity contribution in [3.63, 3.8) is 0 Å². The Hall–Kier alpha value is -2.76. The molecule has 3 aromatic rings. The van der Waals surface area contributed by atoms with E-state index >= 15 is 0 Å². The first kappa shape index (κ1) is 16.1. The number of hydrogen-bond acceptors (Lipinski definition) is 5. The molecule has 6 heteroatoms.